The van der Waals surface area contributed by atoms with Crippen molar-refractivity contribution in [3.05, 3.63) is 17.2 Å². The highest BCUT2D eigenvalue weighted by Gasteiger charge is 2.13. The van der Waals surface area contributed by atoms with Crippen LogP contribution in [0.4, 0.5) is 0 Å². The number of nitrogens with zero attached hydrogens (tertiary/aromatic N) is 2. The van der Waals surface area contributed by atoms with Crippen LogP contribution < -0.4 is 5.73 Å². The van der Waals surface area contributed by atoms with Crippen LogP contribution in [0, 0.1) is 13.8 Å². The van der Waals surface area contributed by atoms with Crippen LogP contribution in [0.1, 0.15) is 30.1 Å². The standard InChI is InChI=1S/C9H14N2.CH5N/c1-7-8(2)11-6-4-3-5-9(11)10-7;1-2/h3-6H2,1-2H3;2H2,1H3. The molecule has 0 atom stereocenters. The highest BCUT2D eigenvalue weighted by molar-refractivity contribution is 5.15. The van der Waals surface area contributed by atoms with E-state index in [0.29, 0.717) is 0 Å². The van der Waals surface area contributed by atoms with Gasteiger partial charge in [-0.2, -0.15) is 0 Å². The quantitative estimate of drug-likeness (QED) is 0.657. The minimum Gasteiger partial charge on any atom is -0.333 e. The summed E-state index contributed by atoms with van der Waals surface area (Å²) in [5.41, 5.74) is 7.07. The van der Waals surface area contributed by atoms with Crippen LogP contribution >= 0.6 is 0 Å². The van der Waals surface area contributed by atoms with Crippen molar-refractivity contribution in [1.82, 2.24) is 9.55 Å². The number of imidazole rings is 1. The molecule has 1 aliphatic rings. The first-order chi connectivity index (χ1) is 6.29. The Labute approximate surface area is 80.0 Å². The molecule has 2 rings (SSSR count). The molecule has 1 aliphatic heterocycles. The second kappa shape index (κ2) is 4.42. The molecule has 0 saturated heterocycles. The van der Waals surface area contributed by atoms with E-state index in [1.165, 1.54) is 50.1 Å². The predicted molar refractivity (Wildman–Crippen MR) is 54.8 cm³/mol. The van der Waals surface area contributed by atoms with Gasteiger partial charge in [0.25, 0.3) is 0 Å². The van der Waals surface area contributed by atoms with Gasteiger partial charge in [0.1, 0.15) is 5.82 Å². The zero-order valence-corrected chi connectivity index (χ0v) is 8.80. The van der Waals surface area contributed by atoms with E-state index in [2.05, 4.69) is 29.1 Å². The molecule has 0 aliphatic carbocycles. The summed E-state index contributed by atoms with van der Waals surface area (Å²) in [4.78, 5) is 4.51. The van der Waals surface area contributed by atoms with Gasteiger partial charge in [0, 0.05) is 18.7 Å². The van der Waals surface area contributed by atoms with E-state index < -0.39 is 0 Å². The second-order valence-electron chi connectivity index (χ2n) is 3.31. The Morgan fingerprint density at radius 2 is 1.92 bits per heavy atom. The van der Waals surface area contributed by atoms with E-state index in [0.717, 1.165) is 0 Å². The molecule has 0 fully saturated rings. The summed E-state index contributed by atoms with van der Waals surface area (Å²) in [5, 5.41) is 0. The maximum Gasteiger partial charge on any atom is 0.109 e. The molecule has 0 saturated carbocycles. The van der Waals surface area contributed by atoms with Gasteiger partial charge in [0.15, 0.2) is 0 Å². The van der Waals surface area contributed by atoms with E-state index in [4.69, 9.17) is 0 Å². The third-order valence-corrected chi connectivity index (χ3v) is 2.57. The van der Waals surface area contributed by atoms with Crippen LogP contribution in [-0.2, 0) is 13.0 Å². The van der Waals surface area contributed by atoms with E-state index in [1.807, 2.05) is 0 Å². The van der Waals surface area contributed by atoms with Crippen LogP contribution in [-0.4, -0.2) is 16.6 Å². The molecule has 0 spiro atoms. The molecule has 13 heavy (non-hydrogen) atoms. The van der Waals surface area contributed by atoms with Gasteiger partial charge >= 0.3 is 0 Å². The van der Waals surface area contributed by atoms with Crippen LogP contribution in [0.3, 0.4) is 0 Å². The fourth-order valence-electron chi connectivity index (χ4n) is 1.76. The first-order valence-electron chi connectivity index (χ1n) is 4.89. The molecule has 0 unspecified atom stereocenters. The summed E-state index contributed by atoms with van der Waals surface area (Å²) in [5.74, 6) is 1.30. The normalized spacial score (nSPS) is 14.5. The Kier molecular flexibility index (Phi) is 3.48. The lowest BCUT2D eigenvalue weighted by molar-refractivity contribution is 0.514. The van der Waals surface area contributed by atoms with Gasteiger partial charge in [-0.25, -0.2) is 4.98 Å². The maximum atomic E-state index is 4.51. The van der Waals surface area contributed by atoms with Gasteiger partial charge in [-0.15, -0.1) is 0 Å². The summed E-state index contributed by atoms with van der Waals surface area (Å²) in [7, 11) is 1.50. The van der Waals surface area contributed by atoms with Gasteiger partial charge in [-0.3, -0.25) is 0 Å². The van der Waals surface area contributed by atoms with Crippen LogP contribution in [0.15, 0.2) is 0 Å². The van der Waals surface area contributed by atoms with Crippen molar-refractivity contribution in [2.45, 2.75) is 39.7 Å². The van der Waals surface area contributed by atoms with Crippen LogP contribution in [0.25, 0.3) is 0 Å². The molecular formula is C10H19N3. The number of hydrogen-bond acceptors (Lipinski definition) is 2. The lowest BCUT2D eigenvalue weighted by Crippen LogP contribution is -2.11. The molecule has 1 aromatic rings. The minimum absolute atomic E-state index is 1.18. The van der Waals surface area contributed by atoms with Gasteiger partial charge in [0.2, 0.25) is 0 Å². The Hall–Kier alpha value is -0.830. The number of nitrogens with two attached hydrogens (primary N) is 1. The first kappa shape index (κ1) is 10.3. The summed E-state index contributed by atoms with van der Waals surface area (Å²) in [6.07, 6.45) is 3.81. The molecule has 0 amide bonds. The molecular weight excluding hydrogens is 162 g/mol. The molecule has 2 N–H and O–H groups in total. The summed E-state index contributed by atoms with van der Waals surface area (Å²) in [6, 6.07) is 0. The second-order valence-corrected chi connectivity index (χ2v) is 3.31. The van der Waals surface area contributed by atoms with E-state index in [-0.39, 0.29) is 0 Å². The van der Waals surface area contributed by atoms with E-state index in [9.17, 15) is 0 Å². The Morgan fingerprint density at radius 3 is 2.54 bits per heavy atom. The molecule has 74 valence electrons. The van der Waals surface area contributed by atoms with Gasteiger partial charge in [-0.05, 0) is 33.7 Å². The number of aromatic nitrogens is 2. The highest BCUT2D eigenvalue weighted by Crippen LogP contribution is 2.17. The van der Waals surface area contributed by atoms with Crippen molar-refractivity contribution >= 4 is 0 Å². The minimum atomic E-state index is 1.18. The Balaban J connectivity index is 0.000000396. The van der Waals surface area contributed by atoms with Crippen molar-refractivity contribution < 1.29 is 0 Å². The van der Waals surface area contributed by atoms with E-state index >= 15 is 0 Å². The number of aryl methyl sites for hydroxylation is 2. The van der Waals surface area contributed by atoms with Gasteiger partial charge in [0.05, 0.1) is 5.69 Å². The summed E-state index contributed by atoms with van der Waals surface area (Å²) in [6.45, 7) is 5.44. The molecule has 0 bridgehead atoms. The molecule has 3 heteroatoms. The van der Waals surface area contributed by atoms with Crippen molar-refractivity contribution in [1.29, 1.82) is 0 Å². The highest BCUT2D eigenvalue weighted by atomic mass is 15.1. The van der Waals surface area contributed by atoms with E-state index in [1.54, 1.807) is 0 Å². The van der Waals surface area contributed by atoms with Crippen molar-refractivity contribution in [3.8, 4) is 0 Å². The summed E-state index contributed by atoms with van der Waals surface area (Å²) >= 11 is 0. The maximum absolute atomic E-state index is 4.51. The SMILES string of the molecule is CN.Cc1nc2n(c1C)CCCC2. The fourth-order valence-corrected chi connectivity index (χ4v) is 1.76. The van der Waals surface area contributed by atoms with Crippen molar-refractivity contribution in [3.63, 3.8) is 0 Å². The Bertz CT molecular complexity index is 276. The summed E-state index contributed by atoms with van der Waals surface area (Å²) < 4.78 is 2.36. The molecule has 0 aromatic carbocycles. The lowest BCUT2D eigenvalue weighted by Gasteiger charge is -2.14. The molecule has 2 heterocycles. The Morgan fingerprint density at radius 1 is 1.23 bits per heavy atom. The topological polar surface area (TPSA) is 43.8 Å². The third-order valence-electron chi connectivity index (χ3n) is 2.57. The monoisotopic (exact) mass is 181 g/mol. The zero-order valence-electron chi connectivity index (χ0n) is 8.80. The molecule has 1 aromatic heterocycles. The smallest absolute Gasteiger partial charge is 0.109 e. The lowest BCUT2D eigenvalue weighted by atomic mass is 10.2. The van der Waals surface area contributed by atoms with Crippen molar-refractivity contribution in [2.24, 2.45) is 5.73 Å². The number of rotatable bonds is 0. The number of fused-ring (bicyclic) bond motifs is 1. The largest absolute Gasteiger partial charge is 0.333 e. The fraction of sp³-hybridized carbons (Fsp3) is 0.700. The zero-order chi connectivity index (χ0) is 9.84. The van der Waals surface area contributed by atoms with Gasteiger partial charge < -0.3 is 10.3 Å². The van der Waals surface area contributed by atoms with Crippen LogP contribution in [0.2, 0.25) is 0 Å². The third kappa shape index (κ3) is 1.91. The molecule has 0 radical (unpaired) electrons. The number of hydrogen-bond donors (Lipinski definition) is 1. The molecule has 3 nitrogen and oxygen atoms in total. The van der Waals surface area contributed by atoms with Crippen molar-refractivity contribution in [2.75, 3.05) is 7.05 Å². The van der Waals surface area contributed by atoms with Crippen LogP contribution in [0.5, 0.6) is 0 Å². The predicted octanol–water partition coefficient (Wildman–Crippen LogP) is 1.41. The van der Waals surface area contributed by atoms with Gasteiger partial charge in [-0.1, -0.05) is 0 Å². The average molecular weight is 181 g/mol. The average Bonchev–Trinajstić information content (AvgIpc) is 2.47. The first-order valence-corrected chi connectivity index (χ1v) is 4.89.